The highest BCUT2D eigenvalue weighted by Gasteiger charge is 2.21. The van der Waals surface area contributed by atoms with Crippen molar-refractivity contribution in [2.45, 2.75) is 65.2 Å². The maximum atomic E-state index is 10.3. The summed E-state index contributed by atoms with van der Waals surface area (Å²) in [7, 11) is 1.71. The lowest BCUT2D eigenvalue weighted by Gasteiger charge is -2.24. The first kappa shape index (κ1) is 15.2. The average molecular weight is 254 g/mol. The second-order valence-electron chi connectivity index (χ2n) is 5.25. The first-order chi connectivity index (χ1) is 8.43. The quantitative estimate of drug-likeness (QED) is 0.814. The number of methoxy groups -OCH3 is 1. The van der Waals surface area contributed by atoms with Gasteiger partial charge in [-0.1, -0.05) is 6.92 Å². The Labute approximate surface area is 110 Å². The molecule has 1 aromatic heterocycles. The molecule has 0 saturated carbocycles. The van der Waals surface area contributed by atoms with Crippen molar-refractivity contribution in [3.05, 3.63) is 17.5 Å². The van der Waals surface area contributed by atoms with Gasteiger partial charge in [0, 0.05) is 13.7 Å². The maximum Gasteiger partial charge on any atom is 0.0957 e. The highest BCUT2D eigenvalue weighted by molar-refractivity contribution is 5.13. The van der Waals surface area contributed by atoms with E-state index in [0.717, 1.165) is 30.8 Å². The van der Waals surface area contributed by atoms with E-state index in [1.54, 1.807) is 7.11 Å². The highest BCUT2D eigenvalue weighted by atomic mass is 16.5. The highest BCUT2D eigenvalue weighted by Crippen LogP contribution is 2.25. The zero-order chi connectivity index (χ0) is 13.8. The van der Waals surface area contributed by atoms with Gasteiger partial charge >= 0.3 is 0 Å². The van der Waals surface area contributed by atoms with Crippen LogP contribution in [-0.2, 0) is 17.7 Å². The van der Waals surface area contributed by atoms with Crippen LogP contribution in [0.3, 0.4) is 0 Å². The molecule has 104 valence electrons. The van der Waals surface area contributed by atoms with Gasteiger partial charge in [-0.25, -0.2) is 0 Å². The van der Waals surface area contributed by atoms with Gasteiger partial charge in [0.2, 0.25) is 0 Å². The Morgan fingerprint density at radius 3 is 2.61 bits per heavy atom. The third-order valence-corrected chi connectivity index (χ3v) is 3.44. The molecule has 4 nitrogen and oxygen atoms in total. The summed E-state index contributed by atoms with van der Waals surface area (Å²) in [5, 5.41) is 14.7. The van der Waals surface area contributed by atoms with Gasteiger partial charge < -0.3 is 9.84 Å². The van der Waals surface area contributed by atoms with Crippen LogP contribution in [0.1, 0.15) is 58.0 Å². The number of aromatic nitrogens is 2. The van der Waals surface area contributed by atoms with E-state index in [1.807, 2.05) is 31.5 Å². The van der Waals surface area contributed by atoms with Gasteiger partial charge in [0.1, 0.15) is 0 Å². The Hall–Kier alpha value is -0.870. The number of hydrogen-bond acceptors (Lipinski definition) is 3. The van der Waals surface area contributed by atoms with Crippen LogP contribution in [0.5, 0.6) is 0 Å². The first-order valence-electron chi connectivity index (χ1n) is 6.73. The van der Waals surface area contributed by atoms with Crippen LogP contribution in [0.2, 0.25) is 0 Å². The van der Waals surface area contributed by atoms with Crippen molar-refractivity contribution in [1.29, 1.82) is 0 Å². The number of aryl methyl sites for hydroxylation is 2. The molecule has 18 heavy (non-hydrogen) atoms. The van der Waals surface area contributed by atoms with Crippen molar-refractivity contribution in [2.75, 3.05) is 7.11 Å². The molecule has 1 unspecified atom stereocenters. The molecule has 0 fully saturated rings. The molecule has 0 aliphatic carbocycles. The summed E-state index contributed by atoms with van der Waals surface area (Å²) in [6, 6.07) is 2.01. The van der Waals surface area contributed by atoms with E-state index in [1.165, 1.54) is 0 Å². The van der Waals surface area contributed by atoms with Crippen molar-refractivity contribution in [3.8, 4) is 0 Å². The number of aliphatic hydroxyl groups excluding tert-OH is 1. The molecule has 1 rings (SSSR count). The normalized spacial score (nSPS) is 13.9. The van der Waals surface area contributed by atoms with Crippen LogP contribution in [0.15, 0.2) is 6.07 Å². The molecule has 1 N–H and O–H groups in total. The molecule has 1 aromatic rings. The summed E-state index contributed by atoms with van der Waals surface area (Å²) in [6.45, 7) is 8.98. The van der Waals surface area contributed by atoms with Gasteiger partial charge in [0.15, 0.2) is 0 Å². The van der Waals surface area contributed by atoms with Crippen molar-refractivity contribution in [1.82, 2.24) is 9.78 Å². The molecule has 4 heteroatoms. The minimum Gasteiger partial charge on any atom is -0.387 e. The van der Waals surface area contributed by atoms with Gasteiger partial charge in [-0.05, 0) is 46.1 Å². The Morgan fingerprint density at radius 2 is 2.11 bits per heavy atom. The van der Waals surface area contributed by atoms with E-state index < -0.39 is 6.10 Å². The van der Waals surface area contributed by atoms with Gasteiger partial charge in [-0.3, -0.25) is 4.68 Å². The smallest absolute Gasteiger partial charge is 0.0957 e. The van der Waals surface area contributed by atoms with E-state index in [-0.39, 0.29) is 5.60 Å². The largest absolute Gasteiger partial charge is 0.387 e. The standard InChI is InChI=1S/C14H26N2O2/c1-6-11-10-12(16(7-2)15-11)13(17)8-9-14(3,4)18-5/h10,13,17H,6-9H2,1-5H3. The van der Waals surface area contributed by atoms with E-state index in [2.05, 4.69) is 12.0 Å². The minimum absolute atomic E-state index is 0.189. The predicted molar refractivity (Wildman–Crippen MR) is 72.6 cm³/mol. The van der Waals surface area contributed by atoms with E-state index in [0.29, 0.717) is 6.42 Å². The second kappa shape index (κ2) is 6.34. The number of aliphatic hydroxyl groups is 1. The zero-order valence-electron chi connectivity index (χ0n) is 12.2. The van der Waals surface area contributed by atoms with Crippen molar-refractivity contribution < 1.29 is 9.84 Å². The number of nitrogens with zero attached hydrogens (tertiary/aromatic N) is 2. The van der Waals surface area contributed by atoms with Crippen LogP contribution < -0.4 is 0 Å². The topological polar surface area (TPSA) is 47.3 Å². The Balaban J connectivity index is 2.71. The molecule has 0 radical (unpaired) electrons. The lowest BCUT2D eigenvalue weighted by atomic mass is 9.98. The van der Waals surface area contributed by atoms with Gasteiger partial charge in [0.05, 0.1) is 23.1 Å². The lowest BCUT2D eigenvalue weighted by Crippen LogP contribution is -2.23. The average Bonchev–Trinajstić information content (AvgIpc) is 2.79. The summed E-state index contributed by atoms with van der Waals surface area (Å²) in [6.07, 6.45) is 1.94. The predicted octanol–water partition coefficient (Wildman–Crippen LogP) is 2.70. The van der Waals surface area contributed by atoms with Crippen LogP contribution in [0.25, 0.3) is 0 Å². The SMILES string of the molecule is CCc1cc(C(O)CCC(C)(C)OC)n(CC)n1. The summed E-state index contributed by atoms with van der Waals surface area (Å²) < 4.78 is 7.27. The first-order valence-corrected chi connectivity index (χ1v) is 6.73. The second-order valence-corrected chi connectivity index (χ2v) is 5.25. The van der Waals surface area contributed by atoms with Gasteiger partial charge in [-0.2, -0.15) is 5.10 Å². The minimum atomic E-state index is -0.466. The molecule has 1 heterocycles. The monoisotopic (exact) mass is 254 g/mol. The van der Waals surface area contributed by atoms with Crippen LogP contribution in [-0.4, -0.2) is 27.6 Å². The number of hydrogen-bond donors (Lipinski definition) is 1. The number of ether oxygens (including phenoxy) is 1. The Morgan fingerprint density at radius 1 is 1.44 bits per heavy atom. The summed E-state index contributed by atoms with van der Waals surface area (Å²) in [4.78, 5) is 0. The molecule has 0 bridgehead atoms. The van der Waals surface area contributed by atoms with Gasteiger partial charge in [-0.15, -0.1) is 0 Å². The van der Waals surface area contributed by atoms with Crippen molar-refractivity contribution >= 4 is 0 Å². The number of rotatable bonds is 7. The van der Waals surface area contributed by atoms with E-state index >= 15 is 0 Å². The third-order valence-electron chi connectivity index (χ3n) is 3.44. The molecule has 0 aliphatic rings. The van der Waals surface area contributed by atoms with Crippen molar-refractivity contribution in [2.24, 2.45) is 0 Å². The molecule has 0 spiro atoms. The van der Waals surface area contributed by atoms with Crippen LogP contribution >= 0.6 is 0 Å². The lowest BCUT2D eigenvalue weighted by molar-refractivity contribution is 0.00200. The summed E-state index contributed by atoms with van der Waals surface area (Å²) in [5.41, 5.74) is 1.77. The fraction of sp³-hybridized carbons (Fsp3) is 0.786. The Kier molecular flexibility index (Phi) is 5.35. The fourth-order valence-corrected chi connectivity index (χ4v) is 1.92. The summed E-state index contributed by atoms with van der Waals surface area (Å²) in [5.74, 6) is 0. The van der Waals surface area contributed by atoms with Crippen LogP contribution in [0, 0.1) is 0 Å². The molecule has 1 atom stereocenters. The maximum absolute atomic E-state index is 10.3. The molecule has 0 aliphatic heterocycles. The van der Waals surface area contributed by atoms with Gasteiger partial charge in [0.25, 0.3) is 0 Å². The molecule has 0 saturated heterocycles. The van der Waals surface area contributed by atoms with E-state index in [9.17, 15) is 5.11 Å². The fourth-order valence-electron chi connectivity index (χ4n) is 1.92. The summed E-state index contributed by atoms with van der Waals surface area (Å²) >= 11 is 0. The van der Waals surface area contributed by atoms with E-state index in [4.69, 9.17) is 4.74 Å². The van der Waals surface area contributed by atoms with Crippen LogP contribution in [0.4, 0.5) is 0 Å². The van der Waals surface area contributed by atoms with Crippen molar-refractivity contribution in [3.63, 3.8) is 0 Å². The molecule has 0 amide bonds. The zero-order valence-corrected chi connectivity index (χ0v) is 12.2. The Bertz CT molecular complexity index is 372. The molecular weight excluding hydrogens is 228 g/mol. The third kappa shape index (κ3) is 3.82. The molecule has 0 aromatic carbocycles. The molecular formula is C14H26N2O2.